The number of carbonyl (C=O) groups is 1. The maximum atomic E-state index is 12.4. The van der Waals surface area contributed by atoms with E-state index >= 15 is 0 Å². The quantitative estimate of drug-likeness (QED) is 0.477. The molecule has 1 aromatic carbocycles. The SMILES string of the molecule is COC(=O)c1cccc2c1OCC=C2OS(=O)(=O)C(F)(F)F. The molecule has 0 aliphatic carbocycles. The highest BCUT2D eigenvalue weighted by molar-refractivity contribution is 7.87. The van der Waals surface area contributed by atoms with Gasteiger partial charge in [-0.05, 0) is 18.2 Å². The summed E-state index contributed by atoms with van der Waals surface area (Å²) < 4.78 is 73.1. The van der Waals surface area contributed by atoms with E-state index in [9.17, 15) is 26.4 Å². The van der Waals surface area contributed by atoms with Crippen LogP contribution in [0.2, 0.25) is 0 Å². The Kier molecular flexibility index (Phi) is 4.05. The Morgan fingerprint density at radius 1 is 1.32 bits per heavy atom. The second-order valence-corrected chi connectivity index (χ2v) is 5.57. The molecule has 0 saturated heterocycles. The molecule has 120 valence electrons. The van der Waals surface area contributed by atoms with Gasteiger partial charge in [0, 0.05) is 0 Å². The van der Waals surface area contributed by atoms with Gasteiger partial charge in [0.25, 0.3) is 0 Å². The zero-order valence-electron chi connectivity index (χ0n) is 11.0. The van der Waals surface area contributed by atoms with Crippen LogP contribution in [0.1, 0.15) is 15.9 Å². The van der Waals surface area contributed by atoms with Gasteiger partial charge in [0.15, 0.2) is 5.76 Å². The molecule has 0 bridgehead atoms. The Bertz CT molecular complexity index is 736. The number of carbonyl (C=O) groups excluding carboxylic acids is 1. The molecule has 0 radical (unpaired) electrons. The summed E-state index contributed by atoms with van der Waals surface area (Å²) in [6, 6.07) is 3.92. The third-order valence-electron chi connectivity index (χ3n) is 2.67. The van der Waals surface area contributed by atoms with Crippen molar-refractivity contribution in [2.24, 2.45) is 0 Å². The van der Waals surface area contributed by atoms with Gasteiger partial charge in [-0.1, -0.05) is 6.07 Å². The number of hydrogen-bond acceptors (Lipinski definition) is 6. The van der Waals surface area contributed by atoms with Gasteiger partial charge >= 0.3 is 21.6 Å². The minimum absolute atomic E-state index is 0.0568. The first-order valence-corrected chi connectivity index (χ1v) is 7.13. The van der Waals surface area contributed by atoms with Gasteiger partial charge in [-0.3, -0.25) is 0 Å². The average molecular weight is 338 g/mol. The monoisotopic (exact) mass is 338 g/mol. The lowest BCUT2D eigenvalue weighted by Crippen LogP contribution is -2.26. The molecule has 1 aliphatic heterocycles. The van der Waals surface area contributed by atoms with E-state index in [1.165, 1.54) is 18.2 Å². The van der Waals surface area contributed by atoms with Gasteiger partial charge in [-0.15, -0.1) is 0 Å². The second kappa shape index (κ2) is 5.52. The number of para-hydroxylation sites is 1. The van der Waals surface area contributed by atoms with Crippen LogP contribution in [-0.2, 0) is 19.0 Å². The summed E-state index contributed by atoms with van der Waals surface area (Å²) in [7, 11) is -4.70. The average Bonchev–Trinajstić information content (AvgIpc) is 2.44. The molecule has 1 aliphatic rings. The number of fused-ring (bicyclic) bond motifs is 1. The van der Waals surface area contributed by atoms with E-state index in [-0.39, 0.29) is 23.5 Å². The fourth-order valence-corrected chi connectivity index (χ4v) is 2.20. The highest BCUT2D eigenvalue weighted by Crippen LogP contribution is 2.37. The Morgan fingerprint density at radius 2 is 2.00 bits per heavy atom. The molecule has 1 aromatic rings. The van der Waals surface area contributed by atoms with E-state index in [1.807, 2.05) is 0 Å². The maximum absolute atomic E-state index is 12.4. The van der Waals surface area contributed by atoms with Crippen LogP contribution in [0.15, 0.2) is 24.3 Å². The number of esters is 1. The molecule has 0 atom stereocenters. The summed E-state index contributed by atoms with van der Waals surface area (Å²) in [5.74, 6) is -1.45. The molecule has 0 aromatic heterocycles. The fraction of sp³-hybridized carbons (Fsp3) is 0.250. The summed E-state index contributed by atoms with van der Waals surface area (Å²) in [4.78, 5) is 11.6. The molecule has 2 rings (SSSR count). The van der Waals surface area contributed by atoms with Crippen molar-refractivity contribution >= 4 is 21.8 Å². The van der Waals surface area contributed by atoms with Crippen LogP contribution in [0.3, 0.4) is 0 Å². The summed E-state index contributed by atoms with van der Waals surface area (Å²) in [5.41, 5.74) is -5.72. The lowest BCUT2D eigenvalue weighted by atomic mass is 10.1. The number of methoxy groups -OCH3 is 1. The Balaban J connectivity index is 2.45. The van der Waals surface area contributed by atoms with Crippen molar-refractivity contribution < 1.29 is 40.0 Å². The van der Waals surface area contributed by atoms with Crippen molar-refractivity contribution in [3.05, 3.63) is 35.4 Å². The minimum atomic E-state index is -5.82. The van der Waals surface area contributed by atoms with Crippen LogP contribution in [0, 0.1) is 0 Å². The zero-order chi connectivity index (χ0) is 16.5. The molecule has 10 heteroatoms. The van der Waals surface area contributed by atoms with Crippen molar-refractivity contribution in [2.45, 2.75) is 5.51 Å². The van der Waals surface area contributed by atoms with Gasteiger partial charge in [-0.25, -0.2) is 4.79 Å². The third-order valence-corrected chi connectivity index (χ3v) is 3.63. The Labute approximate surface area is 123 Å². The van der Waals surface area contributed by atoms with Crippen molar-refractivity contribution in [3.8, 4) is 5.75 Å². The van der Waals surface area contributed by atoms with Gasteiger partial charge in [0.2, 0.25) is 0 Å². The van der Waals surface area contributed by atoms with E-state index in [2.05, 4.69) is 8.92 Å². The highest BCUT2D eigenvalue weighted by Gasteiger charge is 2.49. The maximum Gasteiger partial charge on any atom is 0.534 e. The molecule has 0 saturated carbocycles. The predicted molar refractivity (Wildman–Crippen MR) is 67.3 cm³/mol. The molecular weight excluding hydrogens is 329 g/mol. The topological polar surface area (TPSA) is 78.9 Å². The number of halogens is 3. The van der Waals surface area contributed by atoms with Gasteiger partial charge < -0.3 is 13.7 Å². The van der Waals surface area contributed by atoms with Crippen molar-refractivity contribution in [1.82, 2.24) is 0 Å². The molecular formula is C12H9F3O6S. The summed E-state index contributed by atoms with van der Waals surface area (Å²) in [5, 5.41) is 0. The minimum Gasteiger partial charge on any atom is -0.488 e. The van der Waals surface area contributed by atoms with E-state index in [0.29, 0.717) is 0 Å². The van der Waals surface area contributed by atoms with E-state index in [1.54, 1.807) is 0 Å². The normalized spacial score (nSPS) is 14.5. The third kappa shape index (κ3) is 2.86. The zero-order valence-corrected chi connectivity index (χ0v) is 11.8. The first kappa shape index (κ1) is 16.1. The van der Waals surface area contributed by atoms with Crippen LogP contribution in [-0.4, -0.2) is 33.6 Å². The lowest BCUT2D eigenvalue weighted by Gasteiger charge is -2.20. The van der Waals surface area contributed by atoms with E-state index in [4.69, 9.17) is 4.74 Å². The van der Waals surface area contributed by atoms with Gasteiger partial charge in [-0.2, -0.15) is 21.6 Å². The molecule has 0 amide bonds. The van der Waals surface area contributed by atoms with E-state index in [0.717, 1.165) is 13.2 Å². The van der Waals surface area contributed by atoms with Crippen molar-refractivity contribution in [3.63, 3.8) is 0 Å². The molecule has 22 heavy (non-hydrogen) atoms. The van der Waals surface area contributed by atoms with Crippen LogP contribution in [0.5, 0.6) is 5.75 Å². The number of rotatable bonds is 3. The first-order valence-electron chi connectivity index (χ1n) is 5.73. The number of benzene rings is 1. The highest BCUT2D eigenvalue weighted by atomic mass is 32.2. The molecule has 1 heterocycles. The summed E-state index contributed by atoms with van der Waals surface area (Å²) in [6.45, 7) is -0.260. The van der Waals surface area contributed by atoms with Crippen LogP contribution >= 0.6 is 0 Å². The Hall–Kier alpha value is -2.23. The number of ether oxygens (including phenoxy) is 2. The smallest absolute Gasteiger partial charge is 0.488 e. The molecule has 0 fully saturated rings. The molecule has 0 unspecified atom stereocenters. The van der Waals surface area contributed by atoms with E-state index < -0.39 is 27.4 Å². The van der Waals surface area contributed by atoms with Crippen LogP contribution < -0.4 is 4.74 Å². The molecule has 6 nitrogen and oxygen atoms in total. The molecule has 0 N–H and O–H groups in total. The number of alkyl halides is 3. The molecule has 0 spiro atoms. The standard InChI is InChI=1S/C12H9F3O6S/c1-19-11(16)8-4-2-3-7-9(5-6-20-10(7)8)21-22(17,18)12(13,14)15/h2-5H,6H2,1H3. The predicted octanol–water partition coefficient (Wildman–Crippen LogP) is 2.07. The van der Waals surface area contributed by atoms with Gasteiger partial charge in [0.05, 0.1) is 12.7 Å². The lowest BCUT2D eigenvalue weighted by molar-refractivity contribution is -0.0509. The van der Waals surface area contributed by atoms with Crippen molar-refractivity contribution in [2.75, 3.05) is 13.7 Å². The fourth-order valence-electron chi connectivity index (χ4n) is 1.71. The first-order chi connectivity index (χ1) is 10.2. The number of hydrogen-bond donors (Lipinski definition) is 0. The van der Waals surface area contributed by atoms with Crippen LogP contribution in [0.4, 0.5) is 13.2 Å². The summed E-state index contributed by atoms with van der Waals surface area (Å²) in [6.07, 6.45) is 1.02. The van der Waals surface area contributed by atoms with Crippen molar-refractivity contribution in [1.29, 1.82) is 0 Å². The van der Waals surface area contributed by atoms with Crippen LogP contribution in [0.25, 0.3) is 5.76 Å². The van der Waals surface area contributed by atoms with Gasteiger partial charge in [0.1, 0.15) is 17.9 Å². The largest absolute Gasteiger partial charge is 0.534 e. The second-order valence-electron chi connectivity index (χ2n) is 4.04. The Morgan fingerprint density at radius 3 is 2.59 bits per heavy atom. The summed E-state index contributed by atoms with van der Waals surface area (Å²) >= 11 is 0.